The number of nitrogens with zero attached hydrogens (tertiary/aromatic N) is 1. The summed E-state index contributed by atoms with van der Waals surface area (Å²) >= 11 is 3.39. The Labute approximate surface area is 138 Å². The normalized spacial score (nSPS) is 21.7. The lowest BCUT2D eigenvalue weighted by molar-refractivity contribution is 0.0599. The fraction of sp³-hybridized carbons (Fsp3) is 0.412. The quantitative estimate of drug-likeness (QED) is 0.847. The minimum absolute atomic E-state index is 0.0276. The number of hydrogen-bond donors (Lipinski definition) is 1. The second-order valence-corrected chi connectivity index (χ2v) is 6.50. The maximum atomic E-state index is 12.6. The van der Waals surface area contributed by atoms with Gasteiger partial charge in [-0.05, 0) is 53.7 Å². The number of rotatable bonds is 3. The van der Waals surface area contributed by atoms with Crippen LogP contribution in [0.4, 0.5) is 0 Å². The van der Waals surface area contributed by atoms with Gasteiger partial charge in [-0.3, -0.25) is 4.79 Å². The van der Waals surface area contributed by atoms with Gasteiger partial charge in [0.05, 0.1) is 17.2 Å². The first-order valence-electron chi connectivity index (χ1n) is 7.56. The molecule has 0 unspecified atom stereocenters. The van der Waals surface area contributed by atoms with Gasteiger partial charge in [-0.1, -0.05) is 18.2 Å². The third-order valence-electron chi connectivity index (χ3n) is 4.27. The molecular formula is C17H19BrN2O2. The number of nitrogens with one attached hydrogen (secondary N) is 1. The zero-order chi connectivity index (χ0) is 15.5. The topological polar surface area (TPSA) is 51.2 Å². The summed E-state index contributed by atoms with van der Waals surface area (Å²) in [4.78, 5) is 17.0. The van der Waals surface area contributed by atoms with Crippen LogP contribution in [0.25, 0.3) is 10.9 Å². The maximum Gasteiger partial charge on any atom is 0.252 e. The molecular weight excluding hydrogens is 344 g/mol. The Bertz CT molecular complexity index is 681. The number of halogens is 1. The Hall–Kier alpha value is -1.46. The molecule has 0 atom stereocenters. The van der Waals surface area contributed by atoms with E-state index < -0.39 is 0 Å². The van der Waals surface area contributed by atoms with Gasteiger partial charge in [0.25, 0.3) is 5.91 Å². The van der Waals surface area contributed by atoms with Crippen LogP contribution in [0, 0.1) is 0 Å². The van der Waals surface area contributed by atoms with Crippen molar-refractivity contribution in [1.29, 1.82) is 0 Å². The van der Waals surface area contributed by atoms with Crippen LogP contribution in [-0.4, -0.2) is 30.1 Å². The molecule has 3 rings (SSSR count). The summed E-state index contributed by atoms with van der Waals surface area (Å²) in [6, 6.07) is 9.73. The van der Waals surface area contributed by atoms with Crippen molar-refractivity contribution in [2.24, 2.45) is 0 Å². The second-order valence-electron chi connectivity index (χ2n) is 5.69. The van der Waals surface area contributed by atoms with E-state index in [0.29, 0.717) is 16.3 Å². The molecule has 1 N–H and O–H groups in total. The highest BCUT2D eigenvalue weighted by Gasteiger charge is 2.23. The maximum absolute atomic E-state index is 12.6. The number of ether oxygens (including phenoxy) is 1. The molecule has 4 nitrogen and oxygen atoms in total. The number of methoxy groups -OCH3 is 1. The van der Waals surface area contributed by atoms with Gasteiger partial charge >= 0.3 is 0 Å². The van der Waals surface area contributed by atoms with E-state index >= 15 is 0 Å². The Kier molecular flexibility index (Phi) is 4.74. The lowest BCUT2D eigenvalue weighted by Gasteiger charge is -2.28. The van der Waals surface area contributed by atoms with Crippen LogP contribution in [0.5, 0.6) is 0 Å². The van der Waals surface area contributed by atoms with E-state index in [9.17, 15) is 4.79 Å². The summed E-state index contributed by atoms with van der Waals surface area (Å²) < 4.78 is 6.06. The number of fused-ring (bicyclic) bond motifs is 1. The van der Waals surface area contributed by atoms with Crippen LogP contribution < -0.4 is 5.32 Å². The molecule has 1 aliphatic carbocycles. The monoisotopic (exact) mass is 362 g/mol. The lowest BCUT2D eigenvalue weighted by Crippen LogP contribution is -2.39. The molecule has 1 fully saturated rings. The average Bonchev–Trinajstić information content (AvgIpc) is 2.54. The van der Waals surface area contributed by atoms with E-state index in [2.05, 4.69) is 26.2 Å². The summed E-state index contributed by atoms with van der Waals surface area (Å²) in [5.74, 6) is -0.0276. The molecule has 1 heterocycles. The second kappa shape index (κ2) is 6.75. The molecule has 1 amide bonds. The SMILES string of the molecule is CO[C@H]1CC[C@H](NC(=O)c2cc(Br)nc3ccccc23)CC1. The van der Waals surface area contributed by atoms with Crippen LogP contribution in [0.2, 0.25) is 0 Å². The molecule has 1 aromatic carbocycles. The lowest BCUT2D eigenvalue weighted by atomic mass is 9.92. The van der Waals surface area contributed by atoms with Crippen LogP contribution in [0.1, 0.15) is 36.0 Å². The van der Waals surface area contributed by atoms with Crippen LogP contribution in [0.15, 0.2) is 34.9 Å². The number of hydrogen-bond acceptors (Lipinski definition) is 3. The van der Waals surface area contributed by atoms with Crippen LogP contribution >= 0.6 is 15.9 Å². The molecule has 116 valence electrons. The van der Waals surface area contributed by atoms with Gasteiger partial charge in [-0.15, -0.1) is 0 Å². The van der Waals surface area contributed by atoms with E-state index in [-0.39, 0.29) is 11.9 Å². The van der Waals surface area contributed by atoms with Crippen LogP contribution in [0.3, 0.4) is 0 Å². The van der Waals surface area contributed by atoms with Crippen molar-refractivity contribution in [2.45, 2.75) is 37.8 Å². The Morgan fingerprint density at radius 3 is 2.73 bits per heavy atom. The van der Waals surface area contributed by atoms with Gasteiger partial charge in [0, 0.05) is 18.5 Å². The van der Waals surface area contributed by atoms with Crippen molar-refractivity contribution in [1.82, 2.24) is 10.3 Å². The molecule has 1 saturated carbocycles. The standard InChI is InChI=1S/C17H19BrN2O2/c1-22-12-8-6-11(7-9-12)19-17(21)14-10-16(18)20-15-5-3-2-4-13(14)15/h2-5,10-12H,6-9H2,1H3,(H,19,21)/t11-,12-. The number of amides is 1. The van der Waals surface area contributed by atoms with Gasteiger partial charge in [-0.2, -0.15) is 0 Å². The van der Waals surface area contributed by atoms with E-state index in [4.69, 9.17) is 4.74 Å². The van der Waals surface area contributed by atoms with Crippen molar-refractivity contribution < 1.29 is 9.53 Å². The molecule has 1 aromatic heterocycles. The average molecular weight is 363 g/mol. The minimum Gasteiger partial charge on any atom is -0.381 e. The molecule has 0 radical (unpaired) electrons. The third kappa shape index (κ3) is 3.31. The molecule has 2 aromatic rings. The molecule has 1 aliphatic rings. The number of carbonyl (C=O) groups excluding carboxylic acids is 1. The third-order valence-corrected chi connectivity index (χ3v) is 4.68. The predicted octanol–water partition coefficient (Wildman–Crippen LogP) is 3.68. The van der Waals surface area contributed by atoms with E-state index in [1.807, 2.05) is 24.3 Å². The first-order chi connectivity index (χ1) is 10.7. The highest BCUT2D eigenvalue weighted by molar-refractivity contribution is 9.10. The van der Waals surface area contributed by atoms with Gasteiger partial charge < -0.3 is 10.1 Å². The number of pyridine rings is 1. The van der Waals surface area contributed by atoms with E-state index in [1.165, 1.54) is 0 Å². The number of para-hydroxylation sites is 1. The van der Waals surface area contributed by atoms with Crippen molar-refractivity contribution in [2.75, 3.05) is 7.11 Å². The molecule has 5 heteroatoms. The van der Waals surface area contributed by atoms with Gasteiger partial charge in [0.2, 0.25) is 0 Å². The zero-order valence-electron chi connectivity index (χ0n) is 12.5. The summed E-state index contributed by atoms with van der Waals surface area (Å²) in [6.07, 6.45) is 4.27. The fourth-order valence-corrected chi connectivity index (χ4v) is 3.46. The highest BCUT2D eigenvalue weighted by atomic mass is 79.9. The summed E-state index contributed by atoms with van der Waals surface area (Å²) in [5.41, 5.74) is 1.50. The highest BCUT2D eigenvalue weighted by Crippen LogP contribution is 2.24. The van der Waals surface area contributed by atoms with Gasteiger partial charge in [-0.25, -0.2) is 4.98 Å². The van der Waals surface area contributed by atoms with E-state index in [1.54, 1.807) is 13.2 Å². The first kappa shape index (κ1) is 15.4. The van der Waals surface area contributed by atoms with Crippen molar-refractivity contribution >= 4 is 32.7 Å². The Morgan fingerprint density at radius 2 is 2.00 bits per heavy atom. The fourth-order valence-electron chi connectivity index (χ4n) is 3.04. The molecule has 0 bridgehead atoms. The Balaban J connectivity index is 1.78. The molecule has 22 heavy (non-hydrogen) atoms. The first-order valence-corrected chi connectivity index (χ1v) is 8.35. The summed E-state index contributed by atoms with van der Waals surface area (Å²) in [6.45, 7) is 0. The molecule has 0 saturated heterocycles. The number of benzene rings is 1. The largest absolute Gasteiger partial charge is 0.381 e. The molecule has 0 aliphatic heterocycles. The predicted molar refractivity (Wildman–Crippen MR) is 90.0 cm³/mol. The van der Waals surface area contributed by atoms with Crippen molar-refractivity contribution in [3.63, 3.8) is 0 Å². The Morgan fingerprint density at radius 1 is 1.27 bits per heavy atom. The zero-order valence-corrected chi connectivity index (χ0v) is 14.1. The number of carbonyl (C=O) groups is 1. The summed E-state index contributed by atoms with van der Waals surface area (Å²) in [7, 11) is 1.75. The number of aromatic nitrogens is 1. The van der Waals surface area contributed by atoms with Gasteiger partial charge in [0.15, 0.2) is 0 Å². The van der Waals surface area contributed by atoms with E-state index in [0.717, 1.165) is 36.6 Å². The van der Waals surface area contributed by atoms with Gasteiger partial charge in [0.1, 0.15) is 4.60 Å². The smallest absolute Gasteiger partial charge is 0.252 e. The van der Waals surface area contributed by atoms with Crippen molar-refractivity contribution in [3.8, 4) is 0 Å². The van der Waals surface area contributed by atoms with Crippen molar-refractivity contribution in [3.05, 3.63) is 40.5 Å². The summed E-state index contributed by atoms with van der Waals surface area (Å²) in [5, 5.41) is 4.04. The minimum atomic E-state index is -0.0276. The molecule has 0 spiro atoms. The van der Waals surface area contributed by atoms with Crippen LogP contribution in [-0.2, 0) is 4.74 Å².